The Kier molecular flexibility index (Phi) is 34.3. The number of hydrogen-bond donors (Lipinski definition) is 5. The molecule has 274 valence electrons. The Balaban J connectivity index is 3.80. The molecule has 4 unspecified atom stereocenters. The van der Waals surface area contributed by atoms with Crippen molar-refractivity contribution in [2.75, 3.05) is 6.61 Å². The molecule has 6 nitrogen and oxygen atoms in total. The van der Waals surface area contributed by atoms with Gasteiger partial charge in [-0.05, 0) is 77.0 Å². The van der Waals surface area contributed by atoms with Crippen molar-refractivity contribution in [2.45, 2.75) is 199 Å². The van der Waals surface area contributed by atoms with Crippen LogP contribution in [0, 0.1) is 0 Å². The van der Waals surface area contributed by atoms with E-state index in [1.807, 2.05) is 0 Å². The quantitative estimate of drug-likeness (QED) is 0.0349. The molecule has 6 heteroatoms. The van der Waals surface area contributed by atoms with Crippen molar-refractivity contribution in [3.05, 3.63) is 48.6 Å². The molecular formula is C41H75NO5. The zero-order valence-electron chi connectivity index (χ0n) is 30.5. The van der Waals surface area contributed by atoms with Gasteiger partial charge in [-0.15, -0.1) is 0 Å². The van der Waals surface area contributed by atoms with E-state index < -0.39 is 36.9 Å². The van der Waals surface area contributed by atoms with E-state index in [1.54, 1.807) is 0 Å². The van der Waals surface area contributed by atoms with E-state index in [2.05, 4.69) is 67.8 Å². The first-order valence-corrected chi connectivity index (χ1v) is 19.5. The molecule has 0 saturated carbocycles. The van der Waals surface area contributed by atoms with Crippen molar-refractivity contribution in [1.29, 1.82) is 0 Å². The van der Waals surface area contributed by atoms with Crippen molar-refractivity contribution in [3.8, 4) is 0 Å². The molecule has 0 aliphatic carbocycles. The van der Waals surface area contributed by atoms with Crippen LogP contribution in [0.15, 0.2) is 48.6 Å². The number of unbranched alkanes of at least 4 members (excludes halogenated alkanes) is 17. The molecule has 0 saturated heterocycles. The second-order valence-electron chi connectivity index (χ2n) is 13.2. The van der Waals surface area contributed by atoms with Crippen molar-refractivity contribution in [3.63, 3.8) is 0 Å². The summed E-state index contributed by atoms with van der Waals surface area (Å²) < 4.78 is 0. The minimum Gasteiger partial charge on any atom is -0.394 e. The maximum absolute atomic E-state index is 12.4. The zero-order valence-corrected chi connectivity index (χ0v) is 30.5. The highest BCUT2D eigenvalue weighted by Gasteiger charge is 2.28. The molecule has 4 atom stereocenters. The standard InChI is InChI=1S/C41H75NO5/c1-3-5-7-9-11-13-14-15-16-17-18-19-20-21-22-23-24-25-27-29-31-33-35-39(45)41(47)42-37(36-43)40(46)38(44)34-32-30-28-26-12-10-8-6-4-2/h6,8,18-19,21-22,26,28,37-40,43-46H,3-5,7,9-17,20,23-25,27,29-36H2,1-2H3,(H,42,47)/b8-6+,19-18-,22-21-,28-26+. The number of nitrogens with one attached hydrogen (secondary N) is 1. The molecule has 0 aromatic carbocycles. The largest absolute Gasteiger partial charge is 0.394 e. The van der Waals surface area contributed by atoms with Gasteiger partial charge in [0.25, 0.3) is 0 Å². The topological polar surface area (TPSA) is 110 Å². The van der Waals surface area contributed by atoms with Crippen LogP contribution in [-0.2, 0) is 4.79 Å². The number of carbonyl (C=O) groups excluding carboxylic acids is 1. The smallest absolute Gasteiger partial charge is 0.249 e. The monoisotopic (exact) mass is 662 g/mol. The van der Waals surface area contributed by atoms with Gasteiger partial charge >= 0.3 is 0 Å². The summed E-state index contributed by atoms with van der Waals surface area (Å²) in [4.78, 5) is 12.4. The molecule has 0 bridgehead atoms. The fraction of sp³-hybridized carbons (Fsp3) is 0.780. The molecule has 5 N–H and O–H groups in total. The second-order valence-corrected chi connectivity index (χ2v) is 13.2. The number of amides is 1. The number of carbonyl (C=O) groups is 1. The van der Waals surface area contributed by atoms with Gasteiger partial charge in [-0.2, -0.15) is 0 Å². The van der Waals surface area contributed by atoms with Crippen LogP contribution in [0.4, 0.5) is 0 Å². The third-order valence-corrected chi connectivity index (χ3v) is 8.75. The van der Waals surface area contributed by atoms with Gasteiger partial charge in [-0.1, -0.05) is 146 Å². The fourth-order valence-corrected chi connectivity index (χ4v) is 5.63. The Hall–Kier alpha value is -1.73. The summed E-state index contributed by atoms with van der Waals surface area (Å²) >= 11 is 0. The summed E-state index contributed by atoms with van der Waals surface area (Å²) in [5.41, 5.74) is 0. The summed E-state index contributed by atoms with van der Waals surface area (Å²) in [6, 6.07) is -1.01. The van der Waals surface area contributed by atoms with Crippen molar-refractivity contribution < 1.29 is 25.2 Å². The highest BCUT2D eigenvalue weighted by atomic mass is 16.3. The summed E-state index contributed by atoms with van der Waals surface area (Å²) in [6.45, 7) is 3.88. The molecule has 47 heavy (non-hydrogen) atoms. The lowest BCUT2D eigenvalue weighted by molar-refractivity contribution is -0.132. The molecule has 0 aromatic heterocycles. The van der Waals surface area contributed by atoms with E-state index in [0.29, 0.717) is 19.3 Å². The highest BCUT2D eigenvalue weighted by molar-refractivity contribution is 5.80. The molecule has 0 radical (unpaired) electrons. The first-order valence-electron chi connectivity index (χ1n) is 19.5. The summed E-state index contributed by atoms with van der Waals surface area (Å²) in [7, 11) is 0. The average molecular weight is 662 g/mol. The van der Waals surface area contributed by atoms with Gasteiger partial charge in [0.15, 0.2) is 0 Å². The van der Waals surface area contributed by atoms with Gasteiger partial charge in [-0.25, -0.2) is 0 Å². The van der Waals surface area contributed by atoms with Gasteiger partial charge in [0.1, 0.15) is 12.2 Å². The number of hydrogen-bond acceptors (Lipinski definition) is 5. The van der Waals surface area contributed by atoms with E-state index in [0.717, 1.165) is 64.2 Å². The first kappa shape index (κ1) is 45.3. The van der Waals surface area contributed by atoms with E-state index in [9.17, 15) is 25.2 Å². The normalized spacial score (nSPS) is 14.9. The number of aliphatic hydroxyl groups is 4. The van der Waals surface area contributed by atoms with Crippen LogP contribution in [0.3, 0.4) is 0 Å². The Bertz CT molecular complexity index is 793. The lowest BCUT2D eigenvalue weighted by Gasteiger charge is -2.27. The molecule has 0 rings (SSSR count). The summed E-state index contributed by atoms with van der Waals surface area (Å²) in [6.07, 6.45) is 41.5. The lowest BCUT2D eigenvalue weighted by Crippen LogP contribution is -2.53. The average Bonchev–Trinajstić information content (AvgIpc) is 3.07. The Morgan fingerprint density at radius 1 is 0.553 bits per heavy atom. The van der Waals surface area contributed by atoms with Crippen molar-refractivity contribution in [2.24, 2.45) is 0 Å². The Labute approximate surface area is 289 Å². The summed E-state index contributed by atoms with van der Waals surface area (Å²) in [5.74, 6) is -0.611. The van der Waals surface area contributed by atoms with Crippen molar-refractivity contribution in [1.82, 2.24) is 5.32 Å². The molecule has 1 amide bonds. The lowest BCUT2D eigenvalue weighted by atomic mass is 10.00. The second kappa shape index (κ2) is 35.6. The first-order chi connectivity index (χ1) is 23.0. The predicted octanol–water partition coefficient (Wildman–Crippen LogP) is 9.56. The maximum Gasteiger partial charge on any atom is 0.249 e. The molecule has 0 heterocycles. The highest BCUT2D eigenvalue weighted by Crippen LogP contribution is 2.13. The SMILES string of the molecule is CC/C=C/CC/C=C/CCCC(O)C(O)C(CO)NC(=O)C(O)CCCCCCCC/C=C\C/C=C\CCCCCCCCCCC. The van der Waals surface area contributed by atoms with Crippen molar-refractivity contribution >= 4 is 5.91 Å². The molecular weight excluding hydrogens is 586 g/mol. The molecule has 0 aliphatic rings. The third kappa shape index (κ3) is 30.1. The van der Waals surface area contributed by atoms with Gasteiger partial charge in [0, 0.05) is 0 Å². The van der Waals surface area contributed by atoms with Gasteiger partial charge in [0.2, 0.25) is 5.91 Å². The number of aliphatic hydroxyl groups excluding tert-OH is 4. The molecule has 0 aromatic rings. The van der Waals surface area contributed by atoms with Crippen LogP contribution < -0.4 is 5.32 Å². The van der Waals surface area contributed by atoms with E-state index in [4.69, 9.17) is 0 Å². The van der Waals surface area contributed by atoms with Crippen LogP contribution in [0.1, 0.15) is 174 Å². The molecule has 0 fully saturated rings. The van der Waals surface area contributed by atoms with E-state index in [1.165, 1.54) is 77.0 Å². The Morgan fingerprint density at radius 2 is 1.02 bits per heavy atom. The predicted molar refractivity (Wildman–Crippen MR) is 200 cm³/mol. The summed E-state index contributed by atoms with van der Waals surface area (Å²) in [5, 5.41) is 43.3. The number of allylic oxidation sites excluding steroid dienone is 8. The van der Waals surface area contributed by atoms with Gasteiger partial charge in [-0.3, -0.25) is 4.79 Å². The molecule has 0 spiro atoms. The number of rotatable bonds is 34. The van der Waals surface area contributed by atoms with Crippen LogP contribution >= 0.6 is 0 Å². The zero-order chi connectivity index (χ0) is 34.6. The van der Waals surface area contributed by atoms with Crippen LogP contribution in [0.5, 0.6) is 0 Å². The maximum atomic E-state index is 12.4. The third-order valence-electron chi connectivity index (χ3n) is 8.75. The van der Waals surface area contributed by atoms with Crippen LogP contribution in [0.2, 0.25) is 0 Å². The Morgan fingerprint density at radius 3 is 1.57 bits per heavy atom. The van der Waals surface area contributed by atoms with Crippen LogP contribution in [0.25, 0.3) is 0 Å². The van der Waals surface area contributed by atoms with E-state index >= 15 is 0 Å². The van der Waals surface area contributed by atoms with Gasteiger partial charge in [0.05, 0.1) is 18.8 Å². The van der Waals surface area contributed by atoms with Gasteiger partial charge < -0.3 is 25.7 Å². The minimum atomic E-state index is -1.29. The van der Waals surface area contributed by atoms with E-state index in [-0.39, 0.29) is 0 Å². The minimum absolute atomic E-state index is 0.346. The fourth-order valence-electron chi connectivity index (χ4n) is 5.63. The van der Waals surface area contributed by atoms with Crippen LogP contribution in [-0.4, -0.2) is 57.3 Å². The molecule has 0 aliphatic heterocycles.